The highest BCUT2D eigenvalue weighted by Gasteiger charge is 2.32. The van der Waals surface area contributed by atoms with Crippen LogP contribution in [0.2, 0.25) is 0 Å². The molecule has 4 rings (SSSR count). The number of nitrogens with zero attached hydrogens (tertiary/aromatic N) is 2. The van der Waals surface area contributed by atoms with Gasteiger partial charge in [-0.25, -0.2) is 18.0 Å². The van der Waals surface area contributed by atoms with Gasteiger partial charge in [-0.05, 0) is 68.8 Å². The van der Waals surface area contributed by atoms with Crippen molar-refractivity contribution in [2.24, 2.45) is 11.8 Å². The van der Waals surface area contributed by atoms with Gasteiger partial charge in [-0.1, -0.05) is 25.1 Å². The molecule has 1 amide bonds. The maximum absolute atomic E-state index is 13.8. The van der Waals surface area contributed by atoms with Gasteiger partial charge in [0.1, 0.15) is 46.6 Å². The third-order valence-corrected chi connectivity index (χ3v) is 9.67. The van der Waals surface area contributed by atoms with E-state index in [-0.39, 0.29) is 48.5 Å². The van der Waals surface area contributed by atoms with Gasteiger partial charge in [-0.2, -0.15) is 13.2 Å². The Kier molecular flexibility index (Phi) is 13.0. The number of aromatic nitrogens is 1. The molecular formula is C34H42F5N5O4S. The van der Waals surface area contributed by atoms with Crippen LogP contribution in [-0.2, 0) is 23.7 Å². The Morgan fingerprint density at radius 2 is 1.82 bits per heavy atom. The maximum Gasteiger partial charge on any atom is 0.416 e. The van der Waals surface area contributed by atoms with Gasteiger partial charge in [0.15, 0.2) is 0 Å². The highest BCUT2D eigenvalue weighted by atomic mass is 32.2. The Morgan fingerprint density at radius 1 is 1.12 bits per heavy atom. The summed E-state index contributed by atoms with van der Waals surface area (Å²) in [6.07, 6.45) is -4.62. The summed E-state index contributed by atoms with van der Waals surface area (Å²) in [5.74, 6) is -0.794. The number of aliphatic hydroxyl groups is 1. The molecule has 49 heavy (non-hydrogen) atoms. The Bertz CT molecular complexity index is 1590. The molecule has 15 heteroatoms. The highest BCUT2D eigenvalue weighted by molar-refractivity contribution is 7.87. The van der Waals surface area contributed by atoms with Gasteiger partial charge in [-0.15, -0.1) is 0 Å². The molecular weight excluding hydrogens is 669 g/mol. The van der Waals surface area contributed by atoms with E-state index < -0.39 is 52.4 Å². The lowest BCUT2D eigenvalue weighted by atomic mass is 10.1. The minimum Gasteiger partial charge on any atom is -0.491 e. The van der Waals surface area contributed by atoms with E-state index in [1.54, 1.807) is 33.0 Å². The van der Waals surface area contributed by atoms with Crippen LogP contribution in [0.15, 0.2) is 54.6 Å². The number of hydrogen-bond acceptors (Lipinski definition) is 7. The van der Waals surface area contributed by atoms with Crippen molar-refractivity contribution in [3.63, 3.8) is 0 Å². The molecule has 0 saturated heterocycles. The number of ether oxygens (including phenoxy) is 1. The number of hydrogen-bond donors (Lipinski definition) is 4. The molecule has 0 aliphatic heterocycles. The predicted molar refractivity (Wildman–Crippen MR) is 179 cm³/mol. The third kappa shape index (κ3) is 11.4. The first-order valence-electron chi connectivity index (χ1n) is 16.0. The van der Waals surface area contributed by atoms with Crippen LogP contribution < -0.4 is 25.0 Å². The molecule has 0 spiro atoms. The van der Waals surface area contributed by atoms with Crippen molar-refractivity contribution in [1.29, 1.82) is 0 Å². The molecule has 1 saturated carbocycles. The lowest BCUT2D eigenvalue weighted by molar-refractivity contribution is -0.137. The van der Waals surface area contributed by atoms with Crippen LogP contribution in [0, 0.1) is 23.5 Å². The van der Waals surface area contributed by atoms with Crippen LogP contribution in [0.5, 0.6) is 5.75 Å². The first-order valence-corrected chi connectivity index (χ1v) is 17.1. The Labute approximate surface area is 285 Å². The Hall–Kier alpha value is -3.82. The first-order chi connectivity index (χ1) is 23.1. The second kappa shape index (κ2) is 16.7. The summed E-state index contributed by atoms with van der Waals surface area (Å²) < 4.78 is 86.8. The molecule has 4 N–H and O–H groups in total. The lowest BCUT2D eigenvalue weighted by Gasteiger charge is -2.25. The number of pyridine rings is 1. The lowest BCUT2D eigenvalue weighted by Crippen LogP contribution is -2.48. The number of alkyl halides is 3. The third-order valence-electron chi connectivity index (χ3n) is 8.14. The van der Waals surface area contributed by atoms with Crippen molar-refractivity contribution in [1.82, 2.24) is 15.6 Å². The van der Waals surface area contributed by atoms with Crippen molar-refractivity contribution in [2.45, 2.75) is 63.7 Å². The molecule has 2 unspecified atom stereocenters. The van der Waals surface area contributed by atoms with Crippen LogP contribution in [-0.4, -0.2) is 64.3 Å². The summed E-state index contributed by atoms with van der Waals surface area (Å²) in [5, 5.41) is 19.9. The van der Waals surface area contributed by atoms with Gasteiger partial charge < -0.3 is 25.8 Å². The molecule has 0 bridgehead atoms. The van der Waals surface area contributed by atoms with Crippen LogP contribution in [0.25, 0.3) is 0 Å². The molecule has 1 aliphatic carbocycles. The average Bonchev–Trinajstić information content (AvgIpc) is 3.76. The predicted octanol–water partition coefficient (Wildman–Crippen LogP) is 5.67. The van der Waals surface area contributed by atoms with E-state index in [2.05, 4.69) is 27.9 Å². The number of carbonyl (C=O) groups is 1. The number of amides is 1. The second-order valence-corrected chi connectivity index (χ2v) is 14.5. The average molecular weight is 712 g/mol. The molecule has 5 atom stereocenters. The van der Waals surface area contributed by atoms with E-state index in [9.17, 15) is 36.1 Å². The quantitative estimate of drug-likeness (QED) is 0.105. The summed E-state index contributed by atoms with van der Waals surface area (Å²) in [7, 11) is 0.162. The van der Waals surface area contributed by atoms with Crippen molar-refractivity contribution in [2.75, 3.05) is 36.4 Å². The van der Waals surface area contributed by atoms with E-state index in [0.29, 0.717) is 35.8 Å². The zero-order chi connectivity index (χ0) is 35.9. The molecule has 1 aromatic heterocycles. The summed E-state index contributed by atoms with van der Waals surface area (Å²) >= 11 is 0. The van der Waals surface area contributed by atoms with Crippen LogP contribution in [0.3, 0.4) is 0 Å². The van der Waals surface area contributed by atoms with E-state index in [1.807, 2.05) is 0 Å². The molecule has 2 aromatic carbocycles. The zero-order valence-electron chi connectivity index (χ0n) is 27.7. The SMILES string of the molecule is CC(C)S(=O)N(C)c1cc(C(=O)N[C@@H](COc2cc(F)cc(F)c2)C(O)CCNCc2cccc(C(F)(F)F)c2)cc(NC[C@H]2C[C@@H]2C)n1. The molecule has 1 aliphatic rings. The van der Waals surface area contributed by atoms with Crippen molar-refractivity contribution in [3.05, 3.63) is 82.9 Å². The Morgan fingerprint density at radius 3 is 2.45 bits per heavy atom. The van der Waals surface area contributed by atoms with E-state index in [1.165, 1.54) is 16.4 Å². The van der Waals surface area contributed by atoms with E-state index in [4.69, 9.17) is 4.74 Å². The number of carbonyl (C=O) groups excluding carboxylic acids is 1. The van der Waals surface area contributed by atoms with Gasteiger partial charge in [0.25, 0.3) is 5.91 Å². The van der Waals surface area contributed by atoms with Gasteiger partial charge in [-0.3, -0.25) is 9.10 Å². The number of nitrogens with one attached hydrogen (secondary N) is 3. The summed E-state index contributed by atoms with van der Waals surface area (Å²) in [4.78, 5) is 18.3. The van der Waals surface area contributed by atoms with Crippen LogP contribution in [0.1, 0.15) is 55.1 Å². The normalized spacial score (nSPS) is 17.7. The van der Waals surface area contributed by atoms with Crippen LogP contribution in [0.4, 0.5) is 33.6 Å². The standard InChI is InChI=1S/C34H42F5N5O4S/c1-20(2)49(47)44(4)32-13-23(12-31(43-32)41-18-24-10-21(24)3)33(46)42-29(19-48-28-15-26(35)14-27(36)16-28)30(45)8-9-40-17-22-6-5-7-25(11-22)34(37,38)39/h5-7,11-16,20-21,24,29-30,40,45H,8-10,17-19H2,1-4H3,(H,41,43)(H,42,46)/t21-,24+,29-,30?,49?/m0/s1. The maximum atomic E-state index is 13.8. The second-order valence-electron chi connectivity index (χ2n) is 12.5. The smallest absolute Gasteiger partial charge is 0.416 e. The number of halogens is 5. The molecule has 1 heterocycles. The first kappa shape index (κ1) is 38.0. The summed E-state index contributed by atoms with van der Waals surface area (Å²) in [6.45, 7) is 6.24. The fraction of sp³-hybridized carbons (Fsp3) is 0.471. The minimum atomic E-state index is -4.48. The summed E-state index contributed by atoms with van der Waals surface area (Å²) in [6, 6.07) is 9.39. The number of rotatable bonds is 17. The molecule has 9 nitrogen and oxygen atoms in total. The topological polar surface area (TPSA) is 116 Å². The van der Waals surface area contributed by atoms with Gasteiger partial charge in [0, 0.05) is 49.1 Å². The number of aliphatic hydroxyl groups excluding tert-OH is 1. The van der Waals surface area contributed by atoms with Gasteiger partial charge in [0.2, 0.25) is 0 Å². The van der Waals surface area contributed by atoms with Gasteiger partial charge >= 0.3 is 6.18 Å². The summed E-state index contributed by atoms with van der Waals surface area (Å²) in [5.41, 5.74) is -0.231. The highest BCUT2D eigenvalue weighted by Crippen LogP contribution is 2.37. The fourth-order valence-electron chi connectivity index (χ4n) is 5.07. The Balaban J connectivity index is 1.50. The molecule has 3 aromatic rings. The monoisotopic (exact) mass is 711 g/mol. The van der Waals surface area contributed by atoms with Gasteiger partial charge in [0.05, 0.1) is 17.7 Å². The van der Waals surface area contributed by atoms with Crippen molar-refractivity contribution < 1.29 is 40.8 Å². The fourth-order valence-corrected chi connectivity index (χ4v) is 5.98. The minimum absolute atomic E-state index is 0.0366. The van der Waals surface area contributed by atoms with Crippen molar-refractivity contribution in [3.8, 4) is 5.75 Å². The number of anilines is 2. The largest absolute Gasteiger partial charge is 0.491 e. The van der Waals surface area contributed by atoms with E-state index >= 15 is 0 Å². The van der Waals surface area contributed by atoms with Crippen molar-refractivity contribution >= 4 is 28.5 Å². The molecule has 268 valence electrons. The zero-order valence-corrected chi connectivity index (χ0v) is 28.5. The molecule has 0 radical (unpaired) electrons. The van der Waals surface area contributed by atoms with E-state index in [0.717, 1.165) is 30.7 Å². The van der Waals surface area contributed by atoms with Crippen LogP contribution >= 0.6 is 0 Å². The number of benzene rings is 2. The molecule has 1 fully saturated rings.